The van der Waals surface area contributed by atoms with Crippen molar-refractivity contribution in [3.63, 3.8) is 0 Å². The Hall–Kier alpha value is -2.25. The van der Waals surface area contributed by atoms with Gasteiger partial charge in [-0.05, 0) is 24.1 Å². The minimum Gasteiger partial charge on any atom is -0.368 e. The molecule has 144 valence electrons. The number of hydrogen-bond acceptors (Lipinski definition) is 3. The van der Waals surface area contributed by atoms with E-state index in [4.69, 9.17) is 0 Å². The van der Waals surface area contributed by atoms with E-state index in [1.807, 2.05) is 18.7 Å². The Balaban J connectivity index is 2.02. The highest BCUT2D eigenvalue weighted by atomic mass is 19.4. The molecule has 1 unspecified atom stereocenters. The summed E-state index contributed by atoms with van der Waals surface area (Å²) in [6.45, 7) is 6.77. The lowest BCUT2D eigenvalue weighted by Crippen LogP contribution is -2.56. The molecule has 0 spiro atoms. The molecule has 1 aliphatic rings. The largest absolute Gasteiger partial charge is 0.416 e. The van der Waals surface area contributed by atoms with Gasteiger partial charge in [-0.25, -0.2) is 0 Å². The summed E-state index contributed by atoms with van der Waals surface area (Å²) in [5.74, 6) is -0.466. The predicted octanol–water partition coefficient (Wildman–Crippen LogP) is 2.51. The standard InChI is InChI=1S/C18H24F3N3O2/c1-12(2)16(22-13(3)25)17(26)24-9-7-23(8-10-24)15-6-4-5-14(11-15)18(19,20)21/h4-6,11-12,16H,7-10H2,1-3H3,(H,22,25). The molecule has 5 nitrogen and oxygen atoms in total. The Morgan fingerprint density at radius 3 is 2.23 bits per heavy atom. The fourth-order valence-electron chi connectivity index (χ4n) is 2.99. The summed E-state index contributed by atoms with van der Waals surface area (Å²) in [6, 6.07) is 4.62. The van der Waals surface area contributed by atoms with Crippen molar-refractivity contribution in [1.82, 2.24) is 10.2 Å². The van der Waals surface area contributed by atoms with Crippen molar-refractivity contribution in [3.8, 4) is 0 Å². The second-order valence-corrected chi connectivity index (χ2v) is 6.78. The summed E-state index contributed by atoms with van der Waals surface area (Å²) in [5.41, 5.74) is -0.187. The highest BCUT2D eigenvalue weighted by molar-refractivity contribution is 5.87. The SMILES string of the molecule is CC(=O)NC(C(=O)N1CCN(c2cccc(C(F)(F)F)c2)CC1)C(C)C. The van der Waals surface area contributed by atoms with Crippen molar-refractivity contribution in [2.75, 3.05) is 31.1 Å². The number of nitrogens with one attached hydrogen (secondary N) is 1. The van der Waals surface area contributed by atoms with Crippen molar-refractivity contribution in [1.29, 1.82) is 0 Å². The average Bonchev–Trinajstić information content (AvgIpc) is 2.58. The molecule has 26 heavy (non-hydrogen) atoms. The number of halogens is 3. The maximum absolute atomic E-state index is 12.9. The van der Waals surface area contributed by atoms with Crippen LogP contribution >= 0.6 is 0 Å². The van der Waals surface area contributed by atoms with E-state index in [9.17, 15) is 22.8 Å². The topological polar surface area (TPSA) is 52.7 Å². The summed E-state index contributed by atoms with van der Waals surface area (Å²) >= 11 is 0. The number of anilines is 1. The molecular formula is C18H24F3N3O2. The molecule has 1 fully saturated rings. The molecule has 1 aliphatic heterocycles. The van der Waals surface area contributed by atoms with Gasteiger partial charge in [-0.2, -0.15) is 13.2 Å². The summed E-state index contributed by atoms with van der Waals surface area (Å²) in [6.07, 6.45) is -4.38. The first-order valence-corrected chi connectivity index (χ1v) is 8.57. The van der Waals surface area contributed by atoms with Gasteiger partial charge < -0.3 is 15.1 Å². The third-order valence-electron chi connectivity index (χ3n) is 4.42. The molecule has 1 atom stereocenters. The number of amides is 2. The first kappa shape index (κ1) is 20.1. The zero-order chi connectivity index (χ0) is 19.5. The summed E-state index contributed by atoms with van der Waals surface area (Å²) < 4.78 is 38.6. The van der Waals surface area contributed by atoms with Gasteiger partial charge in [0.25, 0.3) is 0 Å². The number of nitrogens with zero attached hydrogens (tertiary/aromatic N) is 2. The van der Waals surface area contributed by atoms with Crippen LogP contribution in [0.15, 0.2) is 24.3 Å². The Kier molecular flexibility index (Phi) is 6.15. The maximum atomic E-state index is 12.9. The number of carbonyl (C=O) groups is 2. The van der Waals surface area contributed by atoms with Gasteiger partial charge in [-0.3, -0.25) is 9.59 Å². The minimum absolute atomic E-state index is 0.0482. The molecule has 0 saturated carbocycles. The Labute approximate surface area is 151 Å². The molecule has 0 bridgehead atoms. The van der Waals surface area contributed by atoms with Crippen LogP contribution in [0, 0.1) is 5.92 Å². The molecule has 2 amide bonds. The van der Waals surface area contributed by atoms with Gasteiger partial charge >= 0.3 is 6.18 Å². The number of rotatable bonds is 4. The predicted molar refractivity (Wildman–Crippen MR) is 92.7 cm³/mol. The lowest BCUT2D eigenvalue weighted by molar-refractivity contribution is -0.137. The Morgan fingerprint density at radius 2 is 1.73 bits per heavy atom. The van der Waals surface area contributed by atoms with Gasteiger partial charge in [-0.1, -0.05) is 19.9 Å². The van der Waals surface area contributed by atoms with Crippen molar-refractivity contribution < 1.29 is 22.8 Å². The Morgan fingerprint density at radius 1 is 1.12 bits per heavy atom. The molecule has 8 heteroatoms. The summed E-state index contributed by atoms with van der Waals surface area (Å²) in [5, 5.41) is 2.67. The van der Waals surface area contributed by atoms with Crippen LogP contribution in [0.2, 0.25) is 0 Å². The second kappa shape index (κ2) is 7.97. The molecule has 0 aromatic heterocycles. The number of alkyl halides is 3. The van der Waals surface area contributed by atoms with Gasteiger partial charge in [0.05, 0.1) is 5.56 Å². The van der Waals surface area contributed by atoms with Crippen LogP contribution in [-0.4, -0.2) is 48.9 Å². The van der Waals surface area contributed by atoms with Gasteiger partial charge in [0, 0.05) is 38.8 Å². The van der Waals surface area contributed by atoms with Crippen molar-refractivity contribution in [2.24, 2.45) is 5.92 Å². The van der Waals surface area contributed by atoms with E-state index in [2.05, 4.69) is 5.32 Å². The molecule has 0 aliphatic carbocycles. The zero-order valence-electron chi connectivity index (χ0n) is 15.1. The fraction of sp³-hybridized carbons (Fsp3) is 0.556. The number of benzene rings is 1. The van der Waals surface area contributed by atoms with Crippen LogP contribution < -0.4 is 10.2 Å². The van der Waals surface area contributed by atoms with Crippen LogP contribution in [-0.2, 0) is 15.8 Å². The molecule has 1 heterocycles. The molecule has 2 rings (SSSR count). The number of carbonyl (C=O) groups excluding carboxylic acids is 2. The average molecular weight is 371 g/mol. The number of hydrogen-bond donors (Lipinski definition) is 1. The molecule has 1 aromatic carbocycles. The van der Waals surface area contributed by atoms with Gasteiger partial charge in [-0.15, -0.1) is 0 Å². The summed E-state index contributed by atoms with van der Waals surface area (Å²) in [4.78, 5) is 27.5. The van der Waals surface area contributed by atoms with E-state index < -0.39 is 17.8 Å². The lowest BCUT2D eigenvalue weighted by Gasteiger charge is -2.38. The van der Waals surface area contributed by atoms with Crippen molar-refractivity contribution in [3.05, 3.63) is 29.8 Å². The third-order valence-corrected chi connectivity index (χ3v) is 4.42. The zero-order valence-corrected chi connectivity index (χ0v) is 15.1. The smallest absolute Gasteiger partial charge is 0.368 e. The number of piperazine rings is 1. The van der Waals surface area contributed by atoms with E-state index in [1.165, 1.54) is 13.0 Å². The maximum Gasteiger partial charge on any atom is 0.416 e. The van der Waals surface area contributed by atoms with E-state index in [0.29, 0.717) is 31.9 Å². The van der Waals surface area contributed by atoms with E-state index in [0.717, 1.165) is 12.1 Å². The quantitative estimate of drug-likeness (QED) is 0.885. The monoisotopic (exact) mass is 371 g/mol. The molecule has 0 radical (unpaired) electrons. The van der Waals surface area contributed by atoms with Gasteiger partial charge in [0.1, 0.15) is 6.04 Å². The highest BCUT2D eigenvalue weighted by Crippen LogP contribution is 2.31. The third kappa shape index (κ3) is 4.89. The molecule has 1 saturated heterocycles. The van der Waals surface area contributed by atoms with E-state index in [1.54, 1.807) is 11.0 Å². The van der Waals surface area contributed by atoms with Gasteiger partial charge in [0.15, 0.2) is 0 Å². The summed E-state index contributed by atoms with van der Waals surface area (Å²) in [7, 11) is 0. The van der Waals surface area contributed by atoms with Crippen LogP contribution in [0.1, 0.15) is 26.3 Å². The van der Waals surface area contributed by atoms with Gasteiger partial charge in [0.2, 0.25) is 11.8 Å². The fourth-order valence-corrected chi connectivity index (χ4v) is 2.99. The highest BCUT2D eigenvalue weighted by Gasteiger charge is 2.32. The van der Waals surface area contributed by atoms with Crippen molar-refractivity contribution in [2.45, 2.75) is 33.0 Å². The van der Waals surface area contributed by atoms with E-state index in [-0.39, 0.29) is 17.7 Å². The van der Waals surface area contributed by atoms with Crippen LogP contribution in [0.3, 0.4) is 0 Å². The molecular weight excluding hydrogens is 347 g/mol. The molecule has 1 aromatic rings. The normalized spacial score (nSPS) is 16.6. The second-order valence-electron chi connectivity index (χ2n) is 6.78. The van der Waals surface area contributed by atoms with E-state index >= 15 is 0 Å². The minimum atomic E-state index is -4.38. The first-order valence-electron chi connectivity index (χ1n) is 8.57. The van der Waals surface area contributed by atoms with Crippen molar-refractivity contribution >= 4 is 17.5 Å². The van der Waals surface area contributed by atoms with Crippen LogP contribution in [0.5, 0.6) is 0 Å². The lowest BCUT2D eigenvalue weighted by atomic mass is 10.0. The van der Waals surface area contributed by atoms with Crippen LogP contribution in [0.25, 0.3) is 0 Å². The van der Waals surface area contributed by atoms with Crippen LogP contribution in [0.4, 0.5) is 18.9 Å². The first-order chi connectivity index (χ1) is 12.1. The molecule has 1 N–H and O–H groups in total. The Bertz CT molecular complexity index is 653.